The van der Waals surface area contributed by atoms with E-state index < -0.39 is 0 Å². The summed E-state index contributed by atoms with van der Waals surface area (Å²) in [5.74, 6) is 0.326. The fourth-order valence-electron chi connectivity index (χ4n) is 1.40. The number of benzene rings is 2. The maximum absolute atomic E-state index is 12.9. The molecule has 0 aliphatic heterocycles. The van der Waals surface area contributed by atoms with Crippen molar-refractivity contribution in [3.05, 3.63) is 57.3 Å². The van der Waals surface area contributed by atoms with Crippen molar-refractivity contribution in [3.8, 4) is 5.75 Å². The van der Waals surface area contributed by atoms with Crippen molar-refractivity contribution < 1.29 is 9.13 Å². The molecule has 0 spiro atoms. The van der Waals surface area contributed by atoms with E-state index in [2.05, 4.69) is 15.9 Å². The SMILES string of the molecule is Nc1ccc(OCc2ccc(F)cc2Br)cc1Cl. The van der Waals surface area contributed by atoms with Crippen molar-refractivity contribution in [2.75, 3.05) is 5.73 Å². The van der Waals surface area contributed by atoms with Gasteiger partial charge in [0.25, 0.3) is 0 Å². The van der Waals surface area contributed by atoms with Gasteiger partial charge in [0.1, 0.15) is 18.2 Å². The lowest BCUT2D eigenvalue weighted by molar-refractivity contribution is 0.305. The van der Waals surface area contributed by atoms with Crippen LogP contribution in [0.1, 0.15) is 5.56 Å². The van der Waals surface area contributed by atoms with Crippen LogP contribution >= 0.6 is 27.5 Å². The molecule has 94 valence electrons. The number of nitrogen functional groups attached to an aromatic ring is 1. The van der Waals surface area contributed by atoms with Crippen LogP contribution in [0.25, 0.3) is 0 Å². The number of hydrogen-bond donors (Lipinski definition) is 1. The Morgan fingerprint density at radius 1 is 1.22 bits per heavy atom. The van der Waals surface area contributed by atoms with E-state index in [1.54, 1.807) is 24.3 Å². The summed E-state index contributed by atoms with van der Waals surface area (Å²) in [7, 11) is 0. The van der Waals surface area contributed by atoms with E-state index in [9.17, 15) is 4.39 Å². The van der Waals surface area contributed by atoms with Crippen LogP contribution in [0.3, 0.4) is 0 Å². The van der Waals surface area contributed by atoms with Gasteiger partial charge in [0.2, 0.25) is 0 Å². The number of halogens is 3. The summed E-state index contributed by atoms with van der Waals surface area (Å²) < 4.78 is 19.1. The fourth-order valence-corrected chi connectivity index (χ4v) is 2.03. The van der Waals surface area contributed by atoms with Crippen molar-refractivity contribution >= 4 is 33.2 Å². The van der Waals surface area contributed by atoms with Crippen molar-refractivity contribution in [2.24, 2.45) is 0 Å². The highest BCUT2D eigenvalue weighted by atomic mass is 79.9. The molecule has 0 aliphatic carbocycles. The predicted molar refractivity (Wildman–Crippen MR) is 74.3 cm³/mol. The predicted octanol–water partition coefficient (Wildman–Crippen LogP) is 4.40. The topological polar surface area (TPSA) is 35.2 Å². The third-order valence-electron chi connectivity index (χ3n) is 2.38. The Morgan fingerprint density at radius 2 is 2.00 bits per heavy atom. The van der Waals surface area contributed by atoms with Crippen molar-refractivity contribution in [3.63, 3.8) is 0 Å². The van der Waals surface area contributed by atoms with Crippen molar-refractivity contribution in [1.82, 2.24) is 0 Å². The Hall–Kier alpha value is -1.26. The van der Waals surface area contributed by atoms with E-state index in [0.717, 1.165) is 5.56 Å². The van der Waals surface area contributed by atoms with Gasteiger partial charge in [0.05, 0.1) is 10.7 Å². The van der Waals surface area contributed by atoms with E-state index in [0.29, 0.717) is 27.5 Å². The molecule has 0 atom stereocenters. The van der Waals surface area contributed by atoms with Gasteiger partial charge >= 0.3 is 0 Å². The maximum atomic E-state index is 12.9. The molecule has 2 nitrogen and oxygen atoms in total. The Bertz CT molecular complexity index is 577. The summed E-state index contributed by atoms with van der Waals surface area (Å²) in [6.07, 6.45) is 0. The van der Waals surface area contributed by atoms with E-state index in [1.807, 2.05) is 0 Å². The zero-order chi connectivity index (χ0) is 13.1. The average molecular weight is 331 g/mol. The summed E-state index contributed by atoms with van der Waals surface area (Å²) in [5.41, 5.74) is 6.96. The fraction of sp³-hybridized carbons (Fsp3) is 0.0769. The number of rotatable bonds is 3. The number of hydrogen-bond acceptors (Lipinski definition) is 2. The second-order valence-corrected chi connectivity index (χ2v) is 4.97. The Kier molecular flexibility index (Phi) is 4.09. The molecular formula is C13H10BrClFNO. The van der Waals surface area contributed by atoms with Gasteiger partial charge in [-0.3, -0.25) is 0 Å². The van der Waals surface area contributed by atoms with Crippen molar-refractivity contribution in [1.29, 1.82) is 0 Å². The summed E-state index contributed by atoms with van der Waals surface area (Å²) in [5, 5.41) is 0.450. The van der Waals surface area contributed by atoms with Crippen LogP contribution in [0.5, 0.6) is 5.75 Å². The molecular weight excluding hydrogens is 321 g/mol. The minimum atomic E-state index is -0.291. The molecule has 0 heterocycles. The summed E-state index contributed by atoms with van der Waals surface area (Å²) >= 11 is 9.16. The van der Waals surface area contributed by atoms with Crippen LogP contribution in [0.15, 0.2) is 40.9 Å². The zero-order valence-electron chi connectivity index (χ0n) is 9.29. The Balaban J connectivity index is 2.09. The van der Waals surface area contributed by atoms with Gasteiger partial charge in [-0.15, -0.1) is 0 Å². The number of anilines is 1. The molecule has 0 bridgehead atoms. The first-order valence-electron chi connectivity index (χ1n) is 5.18. The standard InChI is InChI=1S/C13H10BrClFNO/c14-11-5-9(16)2-1-8(11)7-18-10-3-4-13(17)12(15)6-10/h1-6H,7,17H2. The third kappa shape index (κ3) is 3.15. The molecule has 2 aromatic carbocycles. The smallest absolute Gasteiger partial charge is 0.124 e. The molecule has 0 radical (unpaired) electrons. The average Bonchev–Trinajstić information content (AvgIpc) is 2.32. The van der Waals surface area contributed by atoms with Crippen molar-refractivity contribution in [2.45, 2.75) is 6.61 Å². The molecule has 18 heavy (non-hydrogen) atoms. The number of nitrogens with two attached hydrogens (primary N) is 1. The molecule has 0 fully saturated rings. The minimum absolute atomic E-state index is 0.291. The quantitative estimate of drug-likeness (QED) is 0.846. The first-order chi connectivity index (χ1) is 8.56. The highest BCUT2D eigenvalue weighted by molar-refractivity contribution is 9.10. The summed E-state index contributed by atoms with van der Waals surface area (Å²) in [6, 6.07) is 9.51. The Morgan fingerprint density at radius 3 is 2.67 bits per heavy atom. The van der Waals surface area contributed by atoms with Crippen LogP contribution in [0.4, 0.5) is 10.1 Å². The van der Waals surface area contributed by atoms with Crippen LogP contribution in [-0.4, -0.2) is 0 Å². The van der Waals surface area contributed by atoms with Gasteiger partial charge in [-0.1, -0.05) is 33.6 Å². The summed E-state index contributed by atoms with van der Waals surface area (Å²) in [4.78, 5) is 0. The second-order valence-electron chi connectivity index (χ2n) is 3.71. The molecule has 0 aromatic heterocycles. The molecule has 0 aliphatic rings. The lowest BCUT2D eigenvalue weighted by atomic mass is 10.2. The van der Waals surface area contributed by atoms with E-state index in [1.165, 1.54) is 12.1 Å². The van der Waals surface area contributed by atoms with Gasteiger partial charge in [-0.25, -0.2) is 4.39 Å². The monoisotopic (exact) mass is 329 g/mol. The van der Waals surface area contributed by atoms with Gasteiger partial charge in [-0.2, -0.15) is 0 Å². The van der Waals surface area contributed by atoms with E-state index >= 15 is 0 Å². The molecule has 0 saturated carbocycles. The highest BCUT2D eigenvalue weighted by Gasteiger charge is 2.04. The van der Waals surface area contributed by atoms with E-state index in [4.69, 9.17) is 22.1 Å². The van der Waals surface area contributed by atoms with Gasteiger partial charge in [0, 0.05) is 16.1 Å². The maximum Gasteiger partial charge on any atom is 0.124 e. The first kappa shape index (κ1) is 13.2. The molecule has 0 amide bonds. The number of ether oxygens (including phenoxy) is 1. The molecule has 2 N–H and O–H groups in total. The minimum Gasteiger partial charge on any atom is -0.489 e. The molecule has 2 aromatic rings. The summed E-state index contributed by atoms with van der Waals surface area (Å²) in [6.45, 7) is 0.321. The zero-order valence-corrected chi connectivity index (χ0v) is 11.6. The molecule has 0 unspecified atom stereocenters. The molecule has 5 heteroatoms. The highest BCUT2D eigenvalue weighted by Crippen LogP contribution is 2.26. The Labute approximate surface area is 118 Å². The second kappa shape index (κ2) is 5.59. The van der Waals surface area contributed by atoms with Crippen LogP contribution in [0.2, 0.25) is 5.02 Å². The first-order valence-corrected chi connectivity index (χ1v) is 6.35. The normalized spacial score (nSPS) is 10.4. The lowest BCUT2D eigenvalue weighted by Crippen LogP contribution is -1.97. The van der Waals surface area contributed by atoms with Crippen LogP contribution in [-0.2, 0) is 6.61 Å². The van der Waals surface area contributed by atoms with Gasteiger partial charge in [-0.05, 0) is 24.3 Å². The van der Waals surface area contributed by atoms with E-state index in [-0.39, 0.29) is 5.82 Å². The molecule has 2 rings (SSSR count). The van der Waals surface area contributed by atoms with Gasteiger partial charge < -0.3 is 10.5 Å². The van der Waals surface area contributed by atoms with Crippen LogP contribution in [0, 0.1) is 5.82 Å². The van der Waals surface area contributed by atoms with Gasteiger partial charge in [0.15, 0.2) is 0 Å². The largest absolute Gasteiger partial charge is 0.489 e. The third-order valence-corrected chi connectivity index (χ3v) is 3.45. The lowest BCUT2D eigenvalue weighted by Gasteiger charge is -2.09. The molecule has 0 saturated heterocycles. The van der Waals surface area contributed by atoms with Crippen LogP contribution < -0.4 is 10.5 Å².